The van der Waals surface area contributed by atoms with Crippen LogP contribution in [-0.4, -0.2) is 167 Å². The van der Waals surface area contributed by atoms with E-state index < -0.39 is 133 Å². The minimum absolute atomic E-state index is 0.143. The summed E-state index contributed by atoms with van der Waals surface area (Å²) in [4.78, 5) is 13.8. The number of hydrogen-bond donors (Lipinski definition) is 12. The molecule has 0 radical (unpaired) electrons. The lowest BCUT2D eigenvalue weighted by Gasteiger charge is -2.46. The average Bonchev–Trinajstić information content (AvgIpc) is 3.12. The summed E-state index contributed by atoms with van der Waals surface area (Å²) in [6, 6.07) is 7.14. The van der Waals surface area contributed by atoms with Gasteiger partial charge in [0, 0.05) is 17.7 Å². The van der Waals surface area contributed by atoms with E-state index in [9.17, 15) is 66.1 Å². The zero-order valence-corrected chi connectivity index (χ0v) is 27.7. The Labute approximate surface area is 298 Å². The first-order valence-electron chi connectivity index (χ1n) is 16.4. The van der Waals surface area contributed by atoms with Crippen LogP contribution < -0.4 is 10.2 Å². The van der Waals surface area contributed by atoms with E-state index >= 15 is 0 Å². The molecule has 15 atom stereocenters. The molecule has 20 heteroatoms. The second-order valence-electron chi connectivity index (χ2n) is 12.9. The Morgan fingerprint density at radius 1 is 0.679 bits per heavy atom. The molecule has 0 saturated carbocycles. The molecule has 292 valence electrons. The van der Waals surface area contributed by atoms with Crippen LogP contribution in [0.25, 0.3) is 22.3 Å². The number of hydrogen-bond acceptors (Lipinski definition) is 20. The number of aliphatic hydroxyl groups is 9. The fraction of sp³-hybridized carbons (Fsp3) is 0.545. The molecule has 0 spiro atoms. The lowest BCUT2D eigenvalue weighted by Crippen LogP contribution is -2.65. The first-order valence-corrected chi connectivity index (χ1v) is 16.4. The lowest BCUT2D eigenvalue weighted by atomic mass is 9.97. The number of aromatic hydroxyl groups is 3. The van der Waals surface area contributed by atoms with Crippen LogP contribution in [0, 0.1) is 0 Å². The number of aliphatic hydroxyl groups excluding tert-OH is 9. The second-order valence-corrected chi connectivity index (χ2v) is 12.9. The average molecular weight is 757 g/mol. The van der Waals surface area contributed by atoms with E-state index in [-0.39, 0.29) is 22.7 Å². The normalized spacial score (nSPS) is 37.8. The van der Waals surface area contributed by atoms with Gasteiger partial charge in [0.15, 0.2) is 18.3 Å². The number of benzene rings is 2. The van der Waals surface area contributed by atoms with Crippen LogP contribution in [0.15, 0.2) is 45.6 Å². The van der Waals surface area contributed by atoms with Gasteiger partial charge in [0.25, 0.3) is 0 Å². The molecule has 0 amide bonds. The monoisotopic (exact) mass is 756 g/mol. The van der Waals surface area contributed by atoms with Crippen LogP contribution in [0.5, 0.6) is 23.0 Å². The van der Waals surface area contributed by atoms with Crippen LogP contribution in [-0.2, 0) is 23.7 Å². The topological polar surface area (TPSA) is 328 Å². The van der Waals surface area contributed by atoms with E-state index in [2.05, 4.69) is 0 Å². The minimum Gasteiger partial charge on any atom is -0.508 e. The Balaban J connectivity index is 1.27. The van der Waals surface area contributed by atoms with Gasteiger partial charge in [-0.15, -0.1) is 0 Å². The van der Waals surface area contributed by atoms with Crippen molar-refractivity contribution in [2.24, 2.45) is 0 Å². The van der Waals surface area contributed by atoms with Gasteiger partial charge < -0.3 is 94.1 Å². The summed E-state index contributed by atoms with van der Waals surface area (Å²) in [5.41, 5.74) is -1.12. The molecule has 6 unspecified atom stereocenters. The van der Waals surface area contributed by atoms with Gasteiger partial charge in [0.2, 0.25) is 17.5 Å². The van der Waals surface area contributed by atoms with Gasteiger partial charge in [-0.3, -0.25) is 4.79 Å². The highest BCUT2D eigenvalue weighted by molar-refractivity contribution is 5.88. The fourth-order valence-corrected chi connectivity index (χ4v) is 6.25. The van der Waals surface area contributed by atoms with Gasteiger partial charge in [-0.1, -0.05) is 0 Å². The fourth-order valence-electron chi connectivity index (χ4n) is 6.25. The van der Waals surface area contributed by atoms with Crippen molar-refractivity contribution in [1.29, 1.82) is 0 Å². The molecular formula is C33H40O20. The molecule has 3 aromatic rings. The minimum atomic E-state index is -2.02. The van der Waals surface area contributed by atoms with Crippen molar-refractivity contribution >= 4 is 11.0 Å². The van der Waals surface area contributed by atoms with E-state index in [0.29, 0.717) is 0 Å². The highest BCUT2D eigenvalue weighted by Crippen LogP contribution is 2.38. The molecule has 20 nitrogen and oxygen atoms in total. The van der Waals surface area contributed by atoms with E-state index in [1.54, 1.807) is 0 Å². The molecule has 3 aliphatic rings. The van der Waals surface area contributed by atoms with Gasteiger partial charge in [0.1, 0.15) is 95.4 Å². The highest BCUT2D eigenvalue weighted by Gasteiger charge is 2.52. The smallest absolute Gasteiger partial charge is 0.239 e. The van der Waals surface area contributed by atoms with E-state index in [0.717, 1.165) is 12.1 Å². The summed E-state index contributed by atoms with van der Waals surface area (Å²) >= 11 is 0. The number of phenolic OH excluding ortho intramolecular Hbond substituents is 3. The molecule has 0 aliphatic carbocycles. The summed E-state index contributed by atoms with van der Waals surface area (Å²) in [7, 11) is 0. The Morgan fingerprint density at radius 2 is 1.30 bits per heavy atom. The Hall–Kier alpha value is -3.71. The van der Waals surface area contributed by atoms with Crippen molar-refractivity contribution in [2.45, 2.75) is 99.0 Å². The molecule has 3 saturated heterocycles. The van der Waals surface area contributed by atoms with Crippen molar-refractivity contribution in [1.82, 2.24) is 0 Å². The van der Waals surface area contributed by atoms with Gasteiger partial charge >= 0.3 is 0 Å². The lowest BCUT2D eigenvalue weighted by molar-refractivity contribution is -0.369. The SMILES string of the molecule is CC1O[C@@H](OC2[C@H](OCC3O[C@@H](Oc4c(-c5ccc(O)cc5)oc5cc(O)cc(O)c5c4=O)C(O)[C@@H](O)[C@@H]3O)OC(CO)[C@@H](O)[C@@H]2O)[C@@H](O)C(O)[C@H]1O. The van der Waals surface area contributed by atoms with Crippen LogP contribution >= 0.6 is 0 Å². The van der Waals surface area contributed by atoms with Gasteiger partial charge in [-0.2, -0.15) is 0 Å². The van der Waals surface area contributed by atoms with E-state index in [4.69, 9.17) is 32.8 Å². The zero-order chi connectivity index (χ0) is 38.5. The van der Waals surface area contributed by atoms with Crippen molar-refractivity contribution in [3.8, 4) is 34.3 Å². The maximum atomic E-state index is 13.8. The number of phenols is 3. The molecule has 3 fully saturated rings. The van der Waals surface area contributed by atoms with Crippen LogP contribution in [0.4, 0.5) is 0 Å². The largest absolute Gasteiger partial charge is 0.508 e. The first kappa shape index (κ1) is 39.0. The van der Waals surface area contributed by atoms with Gasteiger partial charge in [-0.25, -0.2) is 0 Å². The Kier molecular flexibility index (Phi) is 11.5. The number of fused-ring (bicyclic) bond motifs is 1. The summed E-state index contributed by atoms with van der Waals surface area (Å²) in [5, 5.41) is 124. The second kappa shape index (κ2) is 15.6. The van der Waals surface area contributed by atoms with Crippen LogP contribution in [0.2, 0.25) is 0 Å². The van der Waals surface area contributed by atoms with Gasteiger partial charge in [0.05, 0.1) is 19.3 Å². The molecule has 4 heterocycles. The number of rotatable bonds is 9. The van der Waals surface area contributed by atoms with Crippen LogP contribution in [0.1, 0.15) is 6.92 Å². The van der Waals surface area contributed by atoms with E-state index in [1.807, 2.05) is 0 Å². The third kappa shape index (κ3) is 7.52. The van der Waals surface area contributed by atoms with E-state index in [1.165, 1.54) is 31.2 Å². The molecule has 3 aliphatic heterocycles. The molecule has 53 heavy (non-hydrogen) atoms. The Bertz CT molecular complexity index is 1790. The molecule has 0 bridgehead atoms. The summed E-state index contributed by atoms with van der Waals surface area (Å²) < 4.78 is 39.7. The predicted molar refractivity (Wildman–Crippen MR) is 171 cm³/mol. The van der Waals surface area contributed by atoms with Crippen molar-refractivity contribution in [3.05, 3.63) is 46.6 Å². The third-order valence-corrected chi connectivity index (χ3v) is 9.30. The number of ether oxygens (including phenoxy) is 6. The quantitative estimate of drug-likeness (QED) is 0.100. The Morgan fingerprint density at radius 3 is 1.98 bits per heavy atom. The molecule has 2 aromatic carbocycles. The molecular weight excluding hydrogens is 716 g/mol. The highest BCUT2D eigenvalue weighted by atomic mass is 16.8. The maximum absolute atomic E-state index is 13.8. The van der Waals surface area contributed by atoms with Crippen molar-refractivity contribution < 1.29 is 94.1 Å². The first-order chi connectivity index (χ1) is 25.1. The zero-order valence-electron chi connectivity index (χ0n) is 27.7. The molecule has 6 rings (SSSR count). The predicted octanol–water partition coefficient (Wildman–Crippen LogP) is -3.57. The molecule has 12 N–H and O–H groups in total. The van der Waals surface area contributed by atoms with Gasteiger partial charge in [-0.05, 0) is 31.2 Å². The standard InChI is InChI=1S/C33H40O20/c1-10-19(38)23(42)26(45)31(48-10)53-30-25(44)20(39)16(8-34)50-33(30)47-9-17-21(40)24(43)27(46)32(51-17)52-29-22(41)18-14(37)6-13(36)7-15(18)49-28(29)11-2-4-12(35)5-3-11/h2-7,10,16-17,19-21,23-27,30-40,42-46H,8-9H2,1H3/t10?,16?,17?,19-,20+,21+,23?,24-,25-,26-,27?,30?,31-,32-,33+/m0/s1. The molecule has 1 aromatic heterocycles. The summed E-state index contributed by atoms with van der Waals surface area (Å²) in [6.45, 7) is -0.192. The third-order valence-electron chi connectivity index (χ3n) is 9.30. The summed E-state index contributed by atoms with van der Waals surface area (Å²) in [6.07, 6.45) is -25.8. The van der Waals surface area contributed by atoms with Crippen LogP contribution in [0.3, 0.4) is 0 Å². The van der Waals surface area contributed by atoms with Crippen molar-refractivity contribution in [2.75, 3.05) is 13.2 Å². The summed E-state index contributed by atoms with van der Waals surface area (Å²) in [5.74, 6) is -2.24. The maximum Gasteiger partial charge on any atom is 0.239 e. The van der Waals surface area contributed by atoms with Crippen molar-refractivity contribution in [3.63, 3.8) is 0 Å².